The van der Waals surface area contributed by atoms with Crippen molar-refractivity contribution in [3.8, 4) is 5.75 Å². The summed E-state index contributed by atoms with van der Waals surface area (Å²) in [4.78, 5) is 14.5. The second kappa shape index (κ2) is 11.7. The van der Waals surface area contributed by atoms with Crippen LogP contribution in [0.4, 0.5) is 11.4 Å². The number of halogens is 1. The van der Waals surface area contributed by atoms with Gasteiger partial charge in [-0.3, -0.25) is 4.21 Å². The lowest BCUT2D eigenvalue weighted by molar-refractivity contribution is -0.137. The largest absolute Gasteiger partial charge is 0.463 e. The van der Waals surface area contributed by atoms with Crippen LogP contribution in [0.15, 0.2) is 59.7 Å². The third-order valence-corrected chi connectivity index (χ3v) is 8.03. The SMILES string of the molecule is CCCCC1(CC)CN(c2ccccc2)c2cc(Cl)c(O/C=C/C(=O)OCC)cc2S(=O)C1. The van der Waals surface area contributed by atoms with E-state index in [9.17, 15) is 9.00 Å². The Kier molecular flexibility index (Phi) is 8.98. The lowest BCUT2D eigenvalue weighted by Gasteiger charge is -2.36. The smallest absolute Gasteiger partial charge is 0.333 e. The highest BCUT2D eigenvalue weighted by Crippen LogP contribution is 2.45. The van der Waals surface area contributed by atoms with Crippen molar-refractivity contribution < 1.29 is 18.5 Å². The van der Waals surface area contributed by atoms with E-state index in [1.54, 1.807) is 13.0 Å². The Bertz CT molecular complexity index is 1010. The van der Waals surface area contributed by atoms with Crippen LogP contribution in [0.3, 0.4) is 0 Å². The Balaban J connectivity index is 2.04. The number of hydrogen-bond donors (Lipinski definition) is 0. The molecule has 178 valence electrons. The molecule has 7 heteroatoms. The van der Waals surface area contributed by atoms with Crippen LogP contribution in [0.25, 0.3) is 0 Å². The highest BCUT2D eigenvalue weighted by atomic mass is 35.5. The standard InChI is InChI=1S/C26H32ClNO4S/c1-4-7-14-26(5-2)18-28(20-11-9-8-10-12-20)22-16-21(27)23(17-24(22)33(30)19-26)32-15-13-25(29)31-6-3/h8-13,15-17H,4-7,14,18-19H2,1-3H3/b15-13+. The van der Waals surface area contributed by atoms with Crippen LogP contribution in [0, 0.1) is 5.41 Å². The number of anilines is 2. The lowest BCUT2D eigenvalue weighted by Crippen LogP contribution is -2.37. The first-order valence-electron chi connectivity index (χ1n) is 11.5. The first kappa shape index (κ1) is 25.3. The minimum atomic E-state index is -1.23. The number of benzene rings is 2. The summed E-state index contributed by atoms with van der Waals surface area (Å²) in [5, 5.41) is 0.387. The molecule has 1 aliphatic rings. The average Bonchev–Trinajstić information content (AvgIpc) is 2.93. The molecule has 0 aromatic heterocycles. The first-order chi connectivity index (χ1) is 15.9. The summed E-state index contributed by atoms with van der Waals surface area (Å²) in [6, 6.07) is 13.7. The summed E-state index contributed by atoms with van der Waals surface area (Å²) in [5.41, 5.74) is 1.80. The minimum absolute atomic E-state index is 0.0763. The van der Waals surface area contributed by atoms with E-state index >= 15 is 0 Å². The Labute approximate surface area is 204 Å². The molecule has 0 saturated heterocycles. The minimum Gasteiger partial charge on any atom is -0.463 e. The van der Waals surface area contributed by atoms with Gasteiger partial charge in [0.2, 0.25) is 0 Å². The highest BCUT2D eigenvalue weighted by Gasteiger charge is 2.38. The zero-order valence-corrected chi connectivity index (χ0v) is 21.1. The molecule has 0 saturated carbocycles. The van der Waals surface area contributed by atoms with Gasteiger partial charge in [-0.15, -0.1) is 0 Å². The van der Waals surface area contributed by atoms with Crippen LogP contribution in [0.5, 0.6) is 5.75 Å². The first-order valence-corrected chi connectivity index (χ1v) is 13.2. The summed E-state index contributed by atoms with van der Waals surface area (Å²) < 4.78 is 24.1. The van der Waals surface area contributed by atoms with Gasteiger partial charge in [0.15, 0.2) is 0 Å². The van der Waals surface area contributed by atoms with Crippen molar-refractivity contribution in [2.75, 3.05) is 23.8 Å². The van der Waals surface area contributed by atoms with Crippen LogP contribution in [0.2, 0.25) is 5.02 Å². The van der Waals surface area contributed by atoms with Crippen LogP contribution >= 0.6 is 11.6 Å². The quantitative estimate of drug-likeness (QED) is 0.224. The summed E-state index contributed by atoms with van der Waals surface area (Å²) in [6.45, 7) is 7.17. The van der Waals surface area contributed by atoms with Crippen molar-refractivity contribution in [3.63, 3.8) is 0 Å². The molecule has 0 aliphatic carbocycles. The number of carbonyl (C=O) groups excluding carboxylic acids is 1. The van der Waals surface area contributed by atoms with Gasteiger partial charge in [0, 0.05) is 24.1 Å². The summed E-state index contributed by atoms with van der Waals surface area (Å²) in [7, 11) is -1.23. The van der Waals surface area contributed by atoms with Crippen molar-refractivity contribution in [3.05, 3.63) is 59.8 Å². The van der Waals surface area contributed by atoms with E-state index in [4.69, 9.17) is 21.1 Å². The van der Waals surface area contributed by atoms with Gasteiger partial charge in [-0.25, -0.2) is 4.79 Å². The van der Waals surface area contributed by atoms with E-state index in [1.165, 1.54) is 12.3 Å². The molecule has 33 heavy (non-hydrogen) atoms. The predicted molar refractivity (Wildman–Crippen MR) is 135 cm³/mol. The molecule has 5 nitrogen and oxygen atoms in total. The van der Waals surface area contributed by atoms with Crippen molar-refractivity contribution >= 4 is 39.7 Å². The third-order valence-electron chi connectivity index (χ3n) is 6.04. The van der Waals surface area contributed by atoms with E-state index < -0.39 is 16.8 Å². The Morgan fingerprint density at radius 1 is 1.21 bits per heavy atom. The predicted octanol–water partition coefficient (Wildman–Crippen LogP) is 6.64. The maximum Gasteiger partial charge on any atom is 0.333 e. The van der Waals surface area contributed by atoms with Gasteiger partial charge in [-0.2, -0.15) is 0 Å². The molecular formula is C26H32ClNO4S. The summed E-state index contributed by atoms with van der Waals surface area (Å²) in [6.07, 6.45) is 6.60. The van der Waals surface area contributed by atoms with Crippen molar-refractivity contribution in [1.29, 1.82) is 0 Å². The number of nitrogens with zero attached hydrogens (tertiary/aromatic N) is 1. The molecule has 0 spiro atoms. The van der Waals surface area contributed by atoms with E-state index in [0.29, 0.717) is 21.4 Å². The van der Waals surface area contributed by atoms with Crippen LogP contribution in [-0.4, -0.2) is 29.1 Å². The topological polar surface area (TPSA) is 55.8 Å². The fourth-order valence-electron chi connectivity index (χ4n) is 4.12. The Morgan fingerprint density at radius 3 is 2.64 bits per heavy atom. The van der Waals surface area contributed by atoms with Gasteiger partial charge >= 0.3 is 5.97 Å². The van der Waals surface area contributed by atoms with Gasteiger partial charge < -0.3 is 14.4 Å². The molecule has 0 N–H and O–H groups in total. The molecule has 2 aromatic rings. The summed E-state index contributed by atoms with van der Waals surface area (Å²) in [5.74, 6) is 0.445. The number of para-hydroxylation sites is 1. The van der Waals surface area contributed by atoms with Crippen molar-refractivity contribution in [1.82, 2.24) is 0 Å². The van der Waals surface area contributed by atoms with Gasteiger partial charge in [-0.05, 0) is 43.4 Å². The average molecular weight is 490 g/mol. The van der Waals surface area contributed by atoms with Gasteiger partial charge in [0.05, 0.1) is 45.4 Å². The lowest BCUT2D eigenvalue weighted by atomic mass is 9.81. The molecule has 2 atom stereocenters. The Morgan fingerprint density at radius 2 is 1.97 bits per heavy atom. The number of esters is 1. The van der Waals surface area contributed by atoms with Gasteiger partial charge in [0.1, 0.15) is 5.75 Å². The molecule has 1 heterocycles. The number of unbranched alkanes of at least 4 members (excludes halogenated alkanes) is 1. The Hall–Kier alpha value is -2.31. The fourth-order valence-corrected chi connectivity index (χ4v) is 6.11. The van der Waals surface area contributed by atoms with Crippen molar-refractivity contribution in [2.24, 2.45) is 5.41 Å². The normalized spacial score (nSPS) is 20.4. The molecule has 0 fully saturated rings. The van der Waals surface area contributed by atoms with Crippen molar-refractivity contribution in [2.45, 2.75) is 51.3 Å². The molecule has 1 aliphatic heterocycles. The van der Waals surface area contributed by atoms with Gasteiger partial charge in [0.25, 0.3) is 0 Å². The molecule has 3 rings (SSSR count). The number of fused-ring (bicyclic) bond motifs is 1. The van der Waals surface area contributed by atoms with E-state index in [0.717, 1.165) is 43.6 Å². The van der Waals surface area contributed by atoms with E-state index in [1.807, 2.05) is 24.3 Å². The summed E-state index contributed by atoms with van der Waals surface area (Å²) >= 11 is 6.58. The molecular weight excluding hydrogens is 458 g/mol. The molecule has 2 unspecified atom stereocenters. The number of rotatable bonds is 9. The number of ether oxygens (including phenoxy) is 2. The maximum absolute atomic E-state index is 13.6. The monoisotopic (exact) mass is 489 g/mol. The van der Waals surface area contributed by atoms with Crippen LogP contribution in [-0.2, 0) is 20.3 Å². The molecule has 0 radical (unpaired) electrons. The maximum atomic E-state index is 13.6. The second-order valence-electron chi connectivity index (χ2n) is 8.29. The number of hydrogen-bond acceptors (Lipinski definition) is 5. The van der Waals surface area contributed by atoms with Crippen LogP contribution in [0.1, 0.15) is 46.5 Å². The van der Waals surface area contributed by atoms with E-state index in [-0.39, 0.29) is 12.0 Å². The third kappa shape index (κ3) is 6.18. The van der Waals surface area contributed by atoms with Crippen LogP contribution < -0.4 is 9.64 Å². The molecule has 2 aromatic carbocycles. The zero-order valence-electron chi connectivity index (χ0n) is 19.5. The zero-order chi connectivity index (χ0) is 23.8. The van der Waals surface area contributed by atoms with E-state index in [2.05, 4.69) is 30.9 Å². The fraction of sp³-hybridized carbons (Fsp3) is 0.423. The van der Waals surface area contributed by atoms with Gasteiger partial charge in [-0.1, -0.05) is 56.5 Å². The second-order valence-corrected chi connectivity index (χ2v) is 10.1. The number of carbonyl (C=O) groups is 1. The molecule has 0 amide bonds. The highest BCUT2D eigenvalue weighted by molar-refractivity contribution is 7.85. The molecule has 0 bridgehead atoms.